The molecule has 3 fully saturated rings. The van der Waals surface area contributed by atoms with Crippen LogP contribution >= 0.6 is 0 Å². The van der Waals surface area contributed by atoms with Gasteiger partial charge in [0.05, 0.1) is 11.8 Å². The molecule has 0 radical (unpaired) electrons. The molecule has 3 aliphatic rings. The van der Waals surface area contributed by atoms with Gasteiger partial charge >= 0.3 is 0 Å². The number of hydrogen-bond acceptors (Lipinski definition) is 8. The number of piperidine rings is 1. The van der Waals surface area contributed by atoms with E-state index in [2.05, 4.69) is 57.9 Å². The molecule has 2 atom stereocenters. The smallest absolute Gasteiger partial charge is 0.271 e. The van der Waals surface area contributed by atoms with Crippen molar-refractivity contribution in [3.63, 3.8) is 0 Å². The fourth-order valence-corrected chi connectivity index (χ4v) is 6.77. The van der Waals surface area contributed by atoms with E-state index >= 15 is 0 Å². The summed E-state index contributed by atoms with van der Waals surface area (Å²) in [5.41, 5.74) is 8.83. The molecule has 45 heavy (non-hydrogen) atoms. The highest BCUT2D eigenvalue weighted by molar-refractivity contribution is 5.97. The molecule has 0 unspecified atom stereocenters. The van der Waals surface area contributed by atoms with Crippen molar-refractivity contribution in [3.05, 3.63) is 71.3 Å². The van der Waals surface area contributed by atoms with Crippen molar-refractivity contribution in [3.8, 4) is 0 Å². The Morgan fingerprint density at radius 2 is 1.76 bits per heavy atom. The SMILES string of the molecule is CC(C)N1CCN(c2ccc(Nc3nc(N4CCC[C@@H](CC(=O)c5ccc(C6CC6)cc5F)[C@H]4C)cnc3C(N)=O)cc2)CC1. The zero-order valence-corrected chi connectivity index (χ0v) is 26.5. The number of primary amides is 1. The number of anilines is 4. The lowest BCUT2D eigenvalue weighted by atomic mass is 9.84. The van der Waals surface area contributed by atoms with Crippen LogP contribution in [0.2, 0.25) is 0 Å². The molecule has 1 amide bonds. The van der Waals surface area contributed by atoms with E-state index in [9.17, 15) is 14.0 Å². The Morgan fingerprint density at radius 3 is 2.40 bits per heavy atom. The maximum atomic E-state index is 14.9. The Labute approximate surface area is 265 Å². The standard InChI is InChI=1S/C35H44FN7O2/c1-22(2)41-15-17-42(18-16-41)28-11-9-27(10-12-28)39-35-33(34(37)45)38-21-32(40-35)43-14-4-5-25(23(43)3)20-31(44)29-13-8-26(19-30(29)36)24-6-7-24/h8-13,19,21-25H,4-7,14-18,20H2,1-3H3,(H2,37,45)(H,39,40)/t23-,25+/m1/s1. The summed E-state index contributed by atoms with van der Waals surface area (Å²) in [5, 5.41) is 3.26. The van der Waals surface area contributed by atoms with Crippen LogP contribution in [-0.4, -0.2) is 71.4 Å². The first-order chi connectivity index (χ1) is 21.7. The minimum atomic E-state index is -0.666. The van der Waals surface area contributed by atoms with Crippen LogP contribution in [0.15, 0.2) is 48.7 Å². The maximum absolute atomic E-state index is 14.9. The first-order valence-corrected chi connectivity index (χ1v) is 16.3. The third-order valence-corrected chi connectivity index (χ3v) is 9.76. The largest absolute Gasteiger partial charge is 0.369 e. The van der Waals surface area contributed by atoms with Gasteiger partial charge in [-0.05, 0) is 100 Å². The van der Waals surface area contributed by atoms with Crippen LogP contribution in [0, 0.1) is 11.7 Å². The molecule has 6 rings (SSSR count). The van der Waals surface area contributed by atoms with Gasteiger partial charge in [-0.2, -0.15) is 0 Å². The van der Waals surface area contributed by atoms with Crippen molar-refractivity contribution < 1.29 is 14.0 Å². The third-order valence-electron chi connectivity index (χ3n) is 9.76. The van der Waals surface area contributed by atoms with Crippen molar-refractivity contribution in [2.24, 2.45) is 11.7 Å². The molecule has 238 valence electrons. The number of Topliss-reactive ketones (excluding diaryl/α,β-unsaturated/α-hetero) is 1. The van der Waals surface area contributed by atoms with E-state index in [1.165, 1.54) is 6.07 Å². The fraction of sp³-hybridized carbons (Fsp3) is 0.486. The highest BCUT2D eigenvalue weighted by atomic mass is 19.1. The number of carbonyl (C=O) groups is 2. The lowest BCUT2D eigenvalue weighted by Crippen LogP contribution is -2.48. The minimum absolute atomic E-state index is 0.0257. The molecule has 2 aromatic carbocycles. The van der Waals surface area contributed by atoms with E-state index < -0.39 is 11.7 Å². The third kappa shape index (κ3) is 6.96. The normalized spacial score (nSPS) is 20.8. The van der Waals surface area contributed by atoms with Gasteiger partial charge in [0.25, 0.3) is 5.91 Å². The highest BCUT2D eigenvalue weighted by Gasteiger charge is 2.32. The molecule has 9 nitrogen and oxygen atoms in total. The molecule has 2 aliphatic heterocycles. The van der Waals surface area contributed by atoms with E-state index in [1.807, 2.05) is 18.2 Å². The lowest BCUT2D eigenvalue weighted by Gasteiger charge is -2.40. The molecule has 0 spiro atoms. The molecule has 3 aromatic rings. The average molecular weight is 614 g/mol. The number of nitrogens with zero attached hydrogens (tertiary/aromatic N) is 5. The number of carbonyl (C=O) groups excluding carboxylic acids is 2. The van der Waals surface area contributed by atoms with Gasteiger partial charge in [0.1, 0.15) is 11.6 Å². The summed E-state index contributed by atoms with van der Waals surface area (Å²) >= 11 is 0. The van der Waals surface area contributed by atoms with Gasteiger partial charge in [-0.25, -0.2) is 14.4 Å². The van der Waals surface area contributed by atoms with Crippen LogP contribution in [0.25, 0.3) is 0 Å². The topological polar surface area (TPSA) is 108 Å². The number of aromatic nitrogens is 2. The Kier molecular flexibility index (Phi) is 9.03. The average Bonchev–Trinajstić information content (AvgIpc) is 3.88. The maximum Gasteiger partial charge on any atom is 0.271 e. The summed E-state index contributed by atoms with van der Waals surface area (Å²) in [5.74, 6) is 0.103. The first-order valence-electron chi connectivity index (χ1n) is 16.3. The van der Waals surface area contributed by atoms with E-state index in [0.717, 1.165) is 75.3 Å². The predicted octanol–water partition coefficient (Wildman–Crippen LogP) is 5.74. The van der Waals surface area contributed by atoms with Gasteiger partial charge in [-0.3, -0.25) is 14.5 Å². The number of hydrogen-bond donors (Lipinski definition) is 2. The Hall–Kier alpha value is -4.05. The van der Waals surface area contributed by atoms with Crippen LogP contribution in [-0.2, 0) is 0 Å². The number of nitrogens with two attached hydrogens (primary N) is 1. The van der Waals surface area contributed by atoms with Gasteiger partial charge < -0.3 is 20.9 Å². The van der Waals surface area contributed by atoms with Gasteiger partial charge in [-0.1, -0.05) is 6.07 Å². The van der Waals surface area contributed by atoms with Crippen LogP contribution < -0.4 is 20.9 Å². The molecule has 3 N–H and O–H groups in total. The Balaban J connectivity index is 1.14. The van der Waals surface area contributed by atoms with Crippen molar-refractivity contribution in [2.75, 3.05) is 47.8 Å². The van der Waals surface area contributed by atoms with Gasteiger partial charge in [-0.15, -0.1) is 0 Å². The molecule has 2 saturated heterocycles. The Morgan fingerprint density at radius 1 is 1.02 bits per heavy atom. The number of halogens is 1. The number of nitrogens with one attached hydrogen (secondary N) is 1. The van der Waals surface area contributed by atoms with E-state index in [1.54, 1.807) is 12.3 Å². The number of benzene rings is 2. The summed E-state index contributed by atoms with van der Waals surface area (Å²) < 4.78 is 14.9. The molecular formula is C35H44FN7O2. The van der Waals surface area contributed by atoms with Crippen LogP contribution in [0.1, 0.15) is 85.2 Å². The Bertz CT molecular complexity index is 1530. The summed E-state index contributed by atoms with van der Waals surface area (Å²) in [6, 6.07) is 13.7. The molecule has 1 saturated carbocycles. The predicted molar refractivity (Wildman–Crippen MR) is 176 cm³/mol. The highest BCUT2D eigenvalue weighted by Crippen LogP contribution is 2.40. The second-order valence-electron chi connectivity index (χ2n) is 13.1. The number of amides is 1. The summed E-state index contributed by atoms with van der Waals surface area (Å²) in [6.07, 6.45) is 5.73. The van der Waals surface area contributed by atoms with Gasteiger partial charge in [0, 0.05) is 62.6 Å². The lowest BCUT2D eigenvalue weighted by molar-refractivity contribution is 0.0940. The molecule has 3 heterocycles. The van der Waals surface area contributed by atoms with Crippen LogP contribution in [0.4, 0.5) is 27.4 Å². The molecule has 1 aliphatic carbocycles. The van der Waals surface area contributed by atoms with Crippen LogP contribution in [0.3, 0.4) is 0 Å². The minimum Gasteiger partial charge on any atom is -0.369 e. The van der Waals surface area contributed by atoms with E-state index in [-0.39, 0.29) is 35.4 Å². The molecular weight excluding hydrogens is 569 g/mol. The molecule has 10 heteroatoms. The number of ketones is 1. The van der Waals surface area contributed by atoms with E-state index in [0.29, 0.717) is 23.6 Å². The zero-order chi connectivity index (χ0) is 31.7. The number of rotatable bonds is 10. The van der Waals surface area contributed by atoms with Gasteiger partial charge in [0.15, 0.2) is 17.3 Å². The summed E-state index contributed by atoms with van der Waals surface area (Å²) in [6.45, 7) is 11.3. The van der Waals surface area contributed by atoms with Crippen molar-refractivity contribution in [2.45, 2.75) is 70.9 Å². The second-order valence-corrected chi connectivity index (χ2v) is 13.1. The quantitative estimate of drug-likeness (QED) is 0.279. The summed E-state index contributed by atoms with van der Waals surface area (Å²) in [7, 11) is 0. The monoisotopic (exact) mass is 613 g/mol. The fourth-order valence-electron chi connectivity index (χ4n) is 6.77. The zero-order valence-electron chi connectivity index (χ0n) is 26.5. The first kappa shape index (κ1) is 31.0. The van der Waals surface area contributed by atoms with Crippen molar-refractivity contribution in [1.82, 2.24) is 14.9 Å². The molecule has 0 bridgehead atoms. The second kappa shape index (κ2) is 13.1. The van der Waals surface area contributed by atoms with E-state index in [4.69, 9.17) is 10.7 Å². The van der Waals surface area contributed by atoms with Gasteiger partial charge in [0.2, 0.25) is 0 Å². The molecule has 1 aromatic heterocycles. The summed E-state index contributed by atoms with van der Waals surface area (Å²) in [4.78, 5) is 41.7. The van der Waals surface area contributed by atoms with Crippen LogP contribution in [0.5, 0.6) is 0 Å². The van der Waals surface area contributed by atoms with Crippen molar-refractivity contribution >= 4 is 34.7 Å². The van der Waals surface area contributed by atoms with Crippen molar-refractivity contribution in [1.29, 1.82) is 0 Å². The number of piperazine rings is 1.